The lowest BCUT2D eigenvalue weighted by Gasteiger charge is -2.15. The summed E-state index contributed by atoms with van der Waals surface area (Å²) in [6, 6.07) is 14.3. The summed E-state index contributed by atoms with van der Waals surface area (Å²) in [4.78, 5) is 11.3. The number of hydrogen-bond donors (Lipinski definition) is 2. The van der Waals surface area contributed by atoms with E-state index in [0.717, 1.165) is 67.3 Å². The first-order chi connectivity index (χ1) is 17.6. The number of amides is 1. The Balaban J connectivity index is 0.00000145. The predicted octanol–water partition coefficient (Wildman–Crippen LogP) is 4.91. The summed E-state index contributed by atoms with van der Waals surface area (Å²) in [6.45, 7) is 10.0. The second kappa shape index (κ2) is 17.5. The van der Waals surface area contributed by atoms with Gasteiger partial charge in [0, 0.05) is 26.5 Å². The van der Waals surface area contributed by atoms with Crippen LogP contribution in [0.5, 0.6) is 11.5 Å². The molecule has 2 aromatic rings. The van der Waals surface area contributed by atoms with Gasteiger partial charge in [-0.15, -0.1) is 0 Å². The van der Waals surface area contributed by atoms with E-state index < -0.39 is 0 Å². The van der Waals surface area contributed by atoms with Gasteiger partial charge in [-0.3, -0.25) is 4.79 Å². The van der Waals surface area contributed by atoms with Crippen LogP contribution >= 0.6 is 0 Å². The molecule has 1 aliphatic heterocycles. The van der Waals surface area contributed by atoms with E-state index in [9.17, 15) is 4.79 Å². The third-order valence-corrected chi connectivity index (χ3v) is 5.50. The number of methoxy groups -OCH3 is 1. The van der Waals surface area contributed by atoms with Crippen LogP contribution in [0.3, 0.4) is 0 Å². The molecule has 0 aromatic heterocycles. The maximum absolute atomic E-state index is 11.3. The van der Waals surface area contributed by atoms with Gasteiger partial charge >= 0.3 is 0 Å². The largest absolute Gasteiger partial charge is 0.494 e. The molecular weight excluding hydrogens is 454 g/mol. The molecule has 0 bridgehead atoms. The van der Waals surface area contributed by atoms with Crippen molar-refractivity contribution in [3.8, 4) is 11.5 Å². The number of hydrogen-bond acceptors (Lipinski definition) is 6. The lowest BCUT2D eigenvalue weighted by Crippen LogP contribution is -2.26. The molecule has 0 saturated heterocycles. The van der Waals surface area contributed by atoms with E-state index in [4.69, 9.17) is 14.2 Å². The summed E-state index contributed by atoms with van der Waals surface area (Å²) in [6.07, 6.45) is 5.13. The van der Waals surface area contributed by atoms with Crippen LogP contribution in [-0.2, 0) is 22.4 Å². The number of carbonyl (C=O) groups excluding carboxylic acids is 1. The zero-order chi connectivity index (χ0) is 26.0. The molecule has 1 heterocycles. The standard InChI is InChI=1S/C26H35N3O4.C3H8/c1-3-21-19-22(24-10-12-26(30)29-28-24)7-11-25(21)33-18-15-27-14-4-16-32-23-8-5-20(6-9-23)13-17-31-2;1-3-2/h5-9,11,19,27H,3-4,10,12-18H2,1-2H3,(H,29,30);3H2,1-2H3. The van der Waals surface area contributed by atoms with Gasteiger partial charge < -0.3 is 19.5 Å². The van der Waals surface area contributed by atoms with E-state index in [1.807, 2.05) is 24.3 Å². The van der Waals surface area contributed by atoms with Gasteiger partial charge in [0.15, 0.2) is 0 Å². The molecule has 3 rings (SSSR count). The van der Waals surface area contributed by atoms with Crippen LogP contribution in [0.1, 0.15) is 63.1 Å². The van der Waals surface area contributed by atoms with Gasteiger partial charge in [-0.05, 0) is 72.8 Å². The van der Waals surface area contributed by atoms with Crippen molar-refractivity contribution in [2.45, 2.75) is 59.3 Å². The summed E-state index contributed by atoms with van der Waals surface area (Å²) in [5.41, 5.74) is 6.92. The Kier molecular flexibility index (Phi) is 14.3. The van der Waals surface area contributed by atoms with Crippen molar-refractivity contribution in [1.82, 2.24) is 10.7 Å². The van der Waals surface area contributed by atoms with Crippen molar-refractivity contribution in [3.05, 3.63) is 59.2 Å². The van der Waals surface area contributed by atoms with E-state index in [1.54, 1.807) is 7.11 Å². The Bertz CT molecular complexity index is 929. The second-order valence-electron chi connectivity index (χ2n) is 8.66. The van der Waals surface area contributed by atoms with E-state index in [1.165, 1.54) is 12.0 Å². The summed E-state index contributed by atoms with van der Waals surface area (Å²) in [5, 5.41) is 7.58. The van der Waals surface area contributed by atoms with Crippen molar-refractivity contribution in [3.63, 3.8) is 0 Å². The maximum Gasteiger partial charge on any atom is 0.240 e. The first-order valence-corrected chi connectivity index (χ1v) is 13.1. The predicted molar refractivity (Wildman–Crippen MR) is 146 cm³/mol. The molecule has 0 spiro atoms. The molecule has 7 nitrogen and oxygen atoms in total. The number of rotatable bonds is 14. The van der Waals surface area contributed by atoms with Crippen molar-refractivity contribution in [2.24, 2.45) is 5.10 Å². The molecule has 0 atom stereocenters. The van der Waals surface area contributed by atoms with Crippen molar-refractivity contribution < 1.29 is 19.0 Å². The fourth-order valence-corrected chi connectivity index (χ4v) is 3.58. The first-order valence-electron chi connectivity index (χ1n) is 13.1. The van der Waals surface area contributed by atoms with Crippen LogP contribution in [0.4, 0.5) is 0 Å². The number of benzene rings is 2. The van der Waals surface area contributed by atoms with Gasteiger partial charge in [-0.1, -0.05) is 39.3 Å². The van der Waals surface area contributed by atoms with E-state index in [-0.39, 0.29) is 5.91 Å². The summed E-state index contributed by atoms with van der Waals surface area (Å²) in [5.74, 6) is 1.78. The van der Waals surface area contributed by atoms with Gasteiger partial charge in [0.05, 0.1) is 18.9 Å². The van der Waals surface area contributed by atoms with Crippen molar-refractivity contribution in [1.29, 1.82) is 0 Å². The highest BCUT2D eigenvalue weighted by Crippen LogP contribution is 2.22. The first kappa shape index (κ1) is 29.3. The van der Waals surface area contributed by atoms with E-state index in [2.05, 4.69) is 54.8 Å². The number of carbonyl (C=O) groups is 1. The zero-order valence-electron chi connectivity index (χ0n) is 22.4. The number of hydrazone groups is 1. The molecule has 0 radical (unpaired) electrons. The Morgan fingerprint density at radius 2 is 1.72 bits per heavy atom. The highest BCUT2D eigenvalue weighted by Gasteiger charge is 2.14. The van der Waals surface area contributed by atoms with Crippen LogP contribution in [0, 0.1) is 0 Å². The number of nitrogens with one attached hydrogen (secondary N) is 2. The molecule has 198 valence electrons. The minimum atomic E-state index is -0.0270. The molecule has 0 unspecified atom stereocenters. The number of nitrogens with zero attached hydrogens (tertiary/aromatic N) is 1. The smallest absolute Gasteiger partial charge is 0.240 e. The topological polar surface area (TPSA) is 81.2 Å². The van der Waals surface area contributed by atoms with Crippen molar-refractivity contribution >= 4 is 11.6 Å². The Hall–Kier alpha value is -2.90. The Morgan fingerprint density at radius 1 is 0.944 bits per heavy atom. The highest BCUT2D eigenvalue weighted by molar-refractivity contribution is 6.04. The number of ether oxygens (including phenoxy) is 3. The van der Waals surface area contributed by atoms with Gasteiger partial charge in [-0.2, -0.15) is 5.10 Å². The molecule has 2 aromatic carbocycles. The zero-order valence-corrected chi connectivity index (χ0v) is 22.4. The minimum absolute atomic E-state index is 0.0270. The third kappa shape index (κ3) is 10.8. The van der Waals surface area contributed by atoms with Gasteiger partial charge in [0.1, 0.15) is 18.1 Å². The van der Waals surface area contributed by atoms with Gasteiger partial charge in [0.25, 0.3) is 0 Å². The highest BCUT2D eigenvalue weighted by atomic mass is 16.5. The molecule has 7 heteroatoms. The van der Waals surface area contributed by atoms with E-state index in [0.29, 0.717) is 26.1 Å². The minimum Gasteiger partial charge on any atom is -0.494 e. The number of aryl methyl sites for hydroxylation is 1. The molecule has 0 saturated carbocycles. The molecule has 2 N–H and O–H groups in total. The van der Waals surface area contributed by atoms with Crippen LogP contribution in [0.2, 0.25) is 0 Å². The Morgan fingerprint density at radius 3 is 2.39 bits per heavy atom. The average Bonchev–Trinajstić information content (AvgIpc) is 2.90. The lowest BCUT2D eigenvalue weighted by atomic mass is 10.0. The second-order valence-corrected chi connectivity index (χ2v) is 8.66. The average molecular weight is 498 g/mol. The quantitative estimate of drug-likeness (QED) is 0.363. The van der Waals surface area contributed by atoms with Crippen LogP contribution < -0.4 is 20.2 Å². The molecule has 1 amide bonds. The third-order valence-electron chi connectivity index (χ3n) is 5.50. The normalized spacial score (nSPS) is 12.8. The lowest BCUT2D eigenvalue weighted by molar-refractivity contribution is -0.121. The Labute approximate surface area is 216 Å². The molecule has 0 fully saturated rings. The fraction of sp³-hybridized carbons (Fsp3) is 0.517. The molecule has 1 aliphatic rings. The van der Waals surface area contributed by atoms with Crippen LogP contribution in [-0.4, -0.2) is 51.6 Å². The summed E-state index contributed by atoms with van der Waals surface area (Å²) < 4.78 is 16.9. The monoisotopic (exact) mass is 497 g/mol. The molecule has 0 aliphatic carbocycles. The SMILES string of the molecule is CCC.CCc1cc(C2=NNC(=O)CC2)ccc1OCCNCCCOc1ccc(CCOC)cc1. The van der Waals surface area contributed by atoms with Crippen molar-refractivity contribution in [2.75, 3.05) is 40.0 Å². The van der Waals surface area contributed by atoms with Gasteiger partial charge in [-0.25, -0.2) is 5.43 Å². The summed E-state index contributed by atoms with van der Waals surface area (Å²) >= 11 is 0. The fourth-order valence-electron chi connectivity index (χ4n) is 3.58. The maximum atomic E-state index is 11.3. The summed E-state index contributed by atoms with van der Waals surface area (Å²) in [7, 11) is 1.72. The molecule has 36 heavy (non-hydrogen) atoms. The molecular formula is C29H43N3O4. The van der Waals surface area contributed by atoms with Crippen LogP contribution in [0.25, 0.3) is 0 Å². The van der Waals surface area contributed by atoms with Crippen LogP contribution in [0.15, 0.2) is 47.6 Å². The van der Waals surface area contributed by atoms with E-state index >= 15 is 0 Å². The van der Waals surface area contributed by atoms with Gasteiger partial charge in [0.2, 0.25) is 5.91 Å².